The number of aliphatic imine (C=N–C) groups is 1. The van der Waals surface area contributed by atoms with Crippen LogP contribution in [0.15, 0.2) is 23.2 Å². The van der Waals surface area contributed by atoms with Gasteiger partial charge in [0.1, 0.15) is 5.75 Å². The first kappa shape index (κ1) is 24.0. The number of ether oxygens (including phenoxy) is 3. The summed E-state index contributed by atoms with van der Waals surface area (Å²) in [6.07, 6.45) is 2.67. The molecule has 27 heavy (non-hydrogen) atoms. The lowest BCUT2D eigenvalue weighted by Gasteiger charge is -2.17. The molecule has 2 N–H and O–H groups in total. The van der Waals surface area contributed by atoms with Gasteiger partial charge in [-0.25, -0.2) is 0 Å². The lowest BCUT2D eigenvalue weighted by atomic mass is 10.1. The molecule has 0 bridgehead atoms. The molecule has 0 spiro atoms. The van der Waals surface area contributed by atoms with Gasteiger partial charge in [-0.3, -0.25) is 4.99 Å². The summed E-state index contributed by atoms with van der Waals surface area (Å²) in [5.41, 5.74) is 2.30. The number of guanidine groups is 1. The maximum Gasteiger partial charge on any atom is 0.191 e. The lowest BCUT2D eigenvalue weighted by Crippen LogP contribution is -2.38. The molecule has 0 aliphatic carbocycles. The predicted molar refractivity (Wildman–Crippen MR) is 120 cm³/mol. The molecule has 154 valence electrons. The molecule has 6 nitrogen and oxygen atoms in total. The van der Waals surface area contributed by atoms with E-state index in [0.717, 1.165) is 36.7 Å². The Kier molecular flexibility index (Phi) is 11.7. The normalized spacial score (nSPS) is 16.9. The maximum absolute atomic E-state index is 5.92. The number of benzene rings is 1. The first-order valence-electron chi connectivity index (χ1n) is 9.48. The van der Waals surface area contributed by atoms with Crippen LogP contribution in [0.2, 0.25) is 0 Å². The van der Waals surface area contributed by atoms with Crippen molar-refractivity contribution in [3.8, 4) is 5.75 Å². The second-order valence-corrected chi connectivity index (χ2v) is 6.84. The van der Waals surface area contributed by atoms with E-state index in [0.29, 0.717) is 26.3 Å². The molecule has 1 fully saturated rings. The number of rotatable bonds is 9. The zero-order chi connectivity index (χ0) is 18.8. The molecular formula is C20H34IN3O3. The number of hydrogen-bond acceptors (Lipinski definition) is 4. The second kappa shape index (κ2) is 13.2. The van der Waals surface area contributed by atoms with Crippen LogP contribution in [0, 0.1) is 6.92 Å². The van der Waals surface area contributed by atoms with Gasteiger partial charge in [0.05, 0.1) is 25.4 Å². The summed E-state index contributed by atoms with van der Waals surface area (Å²) in [6, 6.07) is 6.27. The van der Waals surface area contributed by atoms with Crippen LogP contribution in [0.5, 0.6) is 5.75 Å². The van der Waals surface area contributed by atoms with E-state index in [9.17, 15) is 0 Å². The first-order chi connectivity index (χ1) is 12.6. The minimum absolute atomic E-state index is 0. The molecule has 1 aliphatic heterocycles. The van der Waals surface area contributed by atoms with Gasteiger partial charge in [0.25, 0.3) is 0 Å². The van der Waals surface area contributed by atoms with Crippen molar-refractivity contribution in [3.05, 3.63) is 29.3 Å². The highest BCUT2D eigenvalue weighted by Crippen LogP contribution is 2.21. The Labute approximate surface area is 180 Å². The van der Waals surface area contributed by atoms with E-state index in [1.807, 2.05) is 13.8 Å². The Hall–Kier alpha value is -1.06. The van der Waals surface area contributed by atoms with Crippen molar-refractivity contribution in [2.45, 2.75) is 52.4 Å². The molecule has 1 saturated heterocycles. The Balaban J connectivity index is 0.00000364. The van der Waals surface area contributed by atoms with Crippen LogP contribution in [0.4, 0.5) is 0 Å². The average Bonchev–Trinajstić information content (AvgIpc) is 3.11. The largest absolute Gasteiger partial charge is 0.491 e. The van der Waals surface area contributed by atoms with Gasteiger partial charge < -0.3 is 24.8 Å². The van der Waals surface area contributed by atoms with Gasteiger partial charge in [0.15, 0.2) is 5.96 Å². The second-order valence-electron chi connectivity index (χ2n) is 6.84. The van der Waals surface area contributed by atoms with Gasteiger partial charge in [-0.1, -0.05) is 12.1 Å². The molecule has 0 aromatic heterocycles. The van der Waals surface area contributed by atoms with Crippen molar-refractivity contribution >= 4 is 29.9 Å². The van der Waals surface area contributed by atoms with Crippen LogP contribution < -0.4 is 15.4 Å². The van der Waals surface area contributed by atoms with E-state index < -0.39 is 0 Å². The molecule has 1 unspecified atom stereocenters. The molecule has 1 aromatic carbocycles. The average molecular weight is 491 g/mol. The summed E-state index contributed by atoms with van der Waals surface area (Å²) in [7, 11) is 1.77. The third kappa shape index (κ3) is 9.12. The predicted octanol–water partition coefficient (Wildman–Crippen LogP) is 3.26. The molecule has 1 atom stereocenters. The number of hydrogen-bond donors (Lipinski definition) is 2. The zero-order valence-corrected chi connectivity index (χ0v) is 19.2. The van der Waals surface area contributed by atoms with Crippen molar-refractivity contribution in [1.82, 2.24) is 10.6 Å². The fraction of sp³-hybridized carbons (Fsp3) is 0.650. The van der Waals surface area contributed by atoms with E-state index in [1.165, 1.54) is 5.56 Å². The molecule has 0 radical (unpaired) electrons. The van der Waals surface area contributed by atoms with Crippen LogP contribution in [0.1, 0.15) is 37.8 Å². The fourth-order valence-electron chi connectivity index (χ4n) is 2.80. The standard InChI is InChI=1S/C20H33N3O3.HI/c1-15(2)26-19-12-16(3)7-8-17(19)13-23-20(21-4)22-9-11-24-14-18-6-5-10-25-18;/h7-8,12,15,18H,5-6,9-11,13-14H2,1-4H3,(H2,21,22,23);1H. The number of halogens is 1. The van der Waals surface area contributed by atoms with Crippen molar-refractivity contribution in [2.75, 3.05) is 33.4 Å². The summed E-state index contributed by atoms with van der Waals surface area (Å²) in [5, 5.41) is 6.60. The lowest BCUT2D eigenvalue weighted by molar-refractivity contribution is 0.0191. The summed E-state index contributed by atoms with van der Waals surface area (Å²) >= 11 is 0. The van der Waals surface area contributed by atoms with E-state index in [1.54, 1.807) is 7.05 Å². The van der Waals surface area contributed by atoms with Crippen LogP contribution in [-0.4, -0.2) is 51.6 Å². The monoisotopic (exact) mass is 491 g/mol. The van der Waals surface area contributed by atoms with Crippen LogP contribution in [-0.2, 0) is 16.0 Å². The molecular weight excluding hydrogens is 457 g/mol. The van der Waals surface area contributed by atoms with Gasteiger partial charge in [0.2, 0.25) is 0 Å². The van der Waals surface area contributed by atoms with Gasteiger partial charge in [-0.2, -0.15) is 0 Å². The third-order valence-corrected chi connectivity index (χ3v) is 4.12. The summed E-state index contributed by atoms with van der Waals surface area (Å²) in [5.74, 6) is 1.67. The Morgan fingerprint density at radius 3 is 2.81 bits per heavy atom. The van der Waals surface area contributed by atoms with Gasteiger partial charge in [-0.15, -0.1) is 24.0 Å². The minimum atomic E-state index is 0. The Bertz CT molecular complexity index is 576. The molecule has 0 amide bonds. The molecule has 1 aliphatic rings. The number of nitrogens with one attached hydrogen (secondary N) is 2. The van der Waals surface area contributed by atoms with E-state index >= 15 is 0 Å². The van der Waals surface area contributed by atoms with Gasteiger partial charge >= 0.3 is 0 Å². The smallest absolute Gasteiger partial charge is 0.191 e. The molecule has 0 saturated carbocycles. The molecule has 1 aromatic rings. The third-order valence-electron chi connectivity index (χ3n) is 4.12. The SMILES string of the molecule is CN=C(NCCOCC1CCCO1)NCc1ccc(C)cc1OC(C)C.I. The minimum Gasteiger partial charge on any atom is -0.491 e. The Morgan fingerprint density at radius 1 is 1.33 bits per heavy atom. The van der Waals surface area contributed by atoms with Crippen LogP contribution in [0.25, 0.3) is 0 Å². The number of nitrogens with zero attached hydrogens (tertiary/aromatic N) is 1. The summed E-state index contributed by atoms with van der Waals surface area (Å²) < 4.78 is 17.1. The van der Waals surface area contributed by atoms with E-state index in [2.05, 4.69) is 40.7 Å². The Morgan fingerprint density at radius 2 is 2.15 bits per heavy atom. The van der Waals surface area contributed by atoms with Gasteiger partial charge in [-0.05, 0) is 45.2 Å². The quantitative estimate of drug-likeness (QED) is 0.240. The molecule has 1 heterocycles. The highest BCUT2D eigenvalue weighted by molar-refractivity contribution is 14.0. The fourth-order valence-corrected chi connectivity index (χ4v) is 2.80. The van der Waals surface area contributed by atoms with Gasteiger partial charge in [0, 0.05) is 32.3 Å². The van der Waals surface area contributed by atoms with Crippen LogP contribution in [0.3, 0.4) is 0 Å². The van der Waals surface area contributed by atoms with Crippen molar-refractivity contribution in [1.29, 1.82) is 0 Å². The first-order valence-corrected chi connectivity index (χ1v) is 9.48. The topological polar surface area (TPSA) is 64.1 Å². The van der Waals surface area contributed by atoms with Crippen LogP contribution >= 0.6 is 24.0 Å². The highest BCUT2D eigenvalue weighted by Gasteiger charge is 2.15. The maximum atomic E-state index is 5.92. The van der Waals surface area contributed by atoms with Crippen molar-refractivity contribution < 1.29 is 14.2 Å². The van der Waals surface area contributed by atoms with E-state index in [4.69, 9.17) is 14.2 Å². The number of aryl methyl sites for hydroxylation is 1. The summed E-state index contributed by atoms with van der Waals surface area (Å²) in [4.78, 5) is 4.26. The van der Waals surface area contributed by atoms with E-state index in [-0.39, 0.29) is 36.2 Å². The zero-order valence-electron chi connectivity index (χ0n) is 16.9. The van der Waals surface area contributed by atoms with Crippen molar-refractivity contribution in [2.24, 2.45) is 4.99 Å². The van der Waals surface area contributed by atoms with Crippen molar-refractivity contribution in [3.63, 3.8) is 0 Å². The summed E-state index contributed by atoms with van der Waals surface area (Å²) in [6.45, 7) is 9.67. The molecule has 7 heteroatoms. The highest BCUT2D eigenvalue weighted by atomic mass is 127. The molecule has 2 rings (SSSR count).